The second kappa shape index (κ2) is 5.41. The van der Waals surface area contributed by atoms with E-state index in [9.17, 15) is 0 Å². The molecule has 2 aliphatic rings. The van der Waals surface area contributed by atoms with Crippen LogP contribution in [0.1, 0.15) is 18.1 Å². The average Bonchev–Trinajstić information content (AvgIpc) is 2.68. The Morgan fingerprint density at radius 2 is 1.78 bits per heavy atom. The minimum atomic E-state index is 0.843. The van der Waals surface area contributed by atoms with E-state index >= 15 is 0 Å². The largest absolute Gasteiger partial charge is 0.316 e. The molecule has 2 atom stereocenters. The van der Waals surface area contributed by atoms with E-state index in [4.69, 9.17) is 0 Å². The van der Waals surface area contributed by atoms with Crippen LogP contribution in [0, 0.1) is 11.8 Å². The van der Waals surface area contributed by atoms with E-state index in [-0.39, 0.29) is 0 Å². The number of nitrogens with one attached hydrogen (secondary N) is 1. The maximum Gasteiger partial charge on any atom is 0.00251 e. The predicted octanol–water partition coefficient (Wildman–Crippen LogP) is 1.94. The molecule has 2 heteroatoms. The standard InChI is InChI=1S/C16H24N2/c1-13-10-17-11-16(13)12-18-8-6-14-4-2-3-5-15(14)7-9-18/h2-5,13,16-17H,6-12H2,1H3. The molecule has 2 unspecified atom stereocenters. The van der Waals surface area contributed by atoms with Crippen LogP contribution in [-0.2, 0) is 12.8 Å². The number of hydrogen-bond donors (Lipinski definition) is 1. The summed E-state index contributed by atoms with van der Waals surface area (Å²) in [7, 11) is 0. The van der Waals surface area contributed by atoms with Gasteiger partial charge in [0.05, 0.1) is 0 Å². The molecule has 98 valence electrons. The summed E-state index contributed by atoms with van der Waals surface area (Å²) in [5.41, 5.74) is 3.13. The molecule has 1 aromatic carbocycles. The number of nitrogens with zero attached hydrogens (tertiary/aromatic N) is 1. The van der Waals surface area contributed by atoms with Gasteiger partial charge in [-0.3, -0.25) is 0 Å². The lowest BCUT2D eigenvalue weighted by atomic mass is 9.97. The summed E-state index contributed by atoms with van der Waals surface area (Å²) < 4.78 is 0. The number of benzene rings is 1. The summed E-state index contributed by atoms with van der Waals surface area (Å²) in [6.07, 6.45) is 2.45. The number of fused-ring (bicyclic) bond motifs is 1. The van der Waals surface area contributed by atoms with E-state index in [2.05, 4.69) is 41.4 Å². The van der Waals surface area contributed by atoms with Gasteiger partial charge in [0.25, 0.3) is 0 Å². The molecule has 0 spiro atoms. The van der Waals surface area contributed by atoms with Crippen LogP contribution in [0.15, 0.2) is 24.3 Å². The summed E-state index contributed by atoms with van der Waals surface area (Å²) in [6.45, 7) is 8.56. The zero-order valence-corrected chi connectivity index (χ0v) is 11.4. The number of rotatable bonds is 2. The molecular weight excluding hydrogens is 220 g/mol. The van der Waals surface area contributed by atoms with Gasteiger partial charge < -0.3 is 10.2 Å². The third-order valence-corrected chi connectivity index (χ3v) is 4.68. The fourth-order valence-corrected chi connectivity index (χ4v) is 3.34. The van der Waals surface area contributed by atoms with Gasteiger partial charge in [-0.15, -0.1) is 0 Å². The van der Waals surface area contributed by atoms with Crippen LogP contribution >= 0.6 is 0 Å². The smallest absolute Gasteiger partial charge is 0.00251 e. The molecule has 0 saturated carbocycles. The Balaban J connectivity index is 1.61. The Hall–Kier alpha value is -0.860. The van der Waals surface area contributed by atoms with Gasteiger partial charge in [-0.25, -0.2) is 0 Å². The summed E-state index contributed by atoms with van der Waals surface area (Å²) in [6, 6.07) is 8.96. The molecule has 2 nitrogen and oxygen atoms in total. The van der Waals surface area contributed by atoms with Crippen molar-refractivity contribution in [1.82, 2.24) is 10.2 Å². The van der Waals surface area contributed by atoms with Crippen molar-refractivity contribution in [3.63, 3.8) is 0 Å². The zero-order chi connectivity index (χ0) is 12.4. The molecule has 0 bridgehead atoms. The Labute approximate surface area is 110 Å². The maximum atomic E-state index is 3.52. The quantitative estimate of drug-likeness (QED) is 0.855. The van der Waals surface area contributed by atoms with Gasteiger partial charge in [-0.2, -0.15) is 0 Å². The molecule has 1 aromatic rings. The normalized spacial score (nSPS) is 28.9. The Morgan fingerprint density at radius 1 is 1.11 bits per heavy atom. The van der Waals surface area contributed by atoms with Crippen LogP contribution in [-0.4, -0.2) is 37.6 Å². The molecule has 1 saturated heterocycles. The summed E-state index contributed by atoms with van der Waals surface area (Å²) in [4.78, 5) is 2.67. The molecule has 0 amide bonds. The van der Waals surface area contributed by atoms with Crippen LogP contribution in [0.4, 0.5) is 0 Å². The van der Waals surface area contributed by atoms with Crippen molar-refractivity contribution < 1.29 is 0 Å². The van der Waals surface area contributed by atoms with Crippen molar-refractivity contribution in [3.05, 3.63) is 35.4 Å². The molecule has 0 aromatic heterocycles. The van der Waals surface area contributed by atoms with E-state index in [0.29, 0.717) is 0 Å². The second-order valence-corrected chi connectivity index (χ2v) is 5.96. The maximum absolute atomic E-state index is 3.52. The Morgan fingerprint density at radius 3 is 2.33 bits per heavy atom. The Kier molecular flexibility index (Phi) is 3.67. The molecule has 0 radical (unpaired) electrons. The third-order valence-electron chi connectivity index (χ3n) is 4.68. The molecule has 1 N–H and O–H groups in total. The van der Waals surface area contributed by atoms with Gasteiger partial charge in [0.15, 0.2) is 0 Å². The first-order valence-electron chi connectivity index (χ1n) is 7.33. The predicted molar refractivity (Wildman–Crippen MR) is 75.8 cm³/mol. The molecule has 3 rings (SSSR count). The zero-order valence-electron chi connectivity index (χ0n) is 11.4. The first-order valence-corrected chi connectivity index (χ1v) is 7.33. The van der Waals surface area contributed by atoms with Crippen molar-refractivity contribution in [2.75, 3.05) is 32.7 Å². The van der Waals surface area contributed by atoms with E-state index in [0.717, 1.165) is 11.8 Å². The van der Waals surface area contributed by atoms with Gasteiger partial charge >= 0.3 is 0 Å². The first-order chi connectivity index (χ1) is 8.83. The molecule has 2 aliphatic heterocycles. The van der Waals surface area contributed by atoms with Crippen molar-refractivity contribution in [2.24, 2.45) is 11.8 Å². The molecule has 0 aliphatic carbocycles. The van der Waals surface area contributed by atoms with E-state index < -0.39 is 0 Å². The minimum Gasteiger partial charge on any atom is -0.316 e. The highest BCUT2D eigenvalue weighted by Gasteiger charge is 2.25. The van der Waals surface area contributed by atoms with Crippen molar-refractivity contribution >= 4 is 0 Å². The lowest BCUT2D eigenvalue weighted by Gasteiger charge is -2.25. The van der Waals surface area contributed by atoms with Crippen LogP contribution in [0.2, 0.25) is 0 Å². The monoisotopic (exact) mass is 244 g/mol. The van der Waals surface area contributed by atoms with Crippen molar-refractivity contribution in [3.8, 4) is 0 Å². The topological polar surface area (TPSA) is 15.3 Å². The second-order valence-electron chi connectivity index (χ2n) is 5.96. The highest BCUT2D eigenvalue weighted by Crippen LogP contribution is 2.20. The van der Waals surface area contributed by atoms with Gasteiger partial charge in [-0.1, -0.05) is 31.2 Å². The van der Waals surface area contributed by atoms with Crippen molar-refractivity contribution in [1.29, 1.82) is 0 Å². The van der Waals surface area contributed by atoms with Crippen LogP contribution in [0.3, 0.4) is 0 Å². The fraction of sp³-hybridized carbons (Fsp3) is 0.625. The Bertz CT molecular complexity index is 375. The highest BCUT2D eigenvalue weighted by molar-refractivity contribution is 5.28. The van der Waals surface area contributed by atoms with Gasteiger partial charge in [0, 0.05) is 19.6 Å². The van der Waals surface area contributed by atoms with Crippen molar-refractivity contribution in [2.45, 2.75) is 19.8 Å². The third kappa shape index (κ3) is 2.60. The summed E-state index contributed by atoms with van der Waals surface area (Å²) in [5, 5.41) is 3.52. The summed E-state index contributed by atoms with van der Waals surface area (Å²) in [5.74, 6) is 1.70. The van der Waals surface area contributed by atoms with E-state index in [1.807, 2.05) is 0 Å². The SMILES string of the molecule is CC1CNCC1CN1CCc2ccccc2CC1. The lowest BCUT2D eigenvalue weighted by molar-refractivity contribution is 0.227. The van der Waals surface area contributed by atoms with Gasteiger partial charge in [0.1, 0.15) is 0 Å². The van der Waals surface area contributed by atoms with Crippen LogP contribution in [0.5, 0.6) is 0 Å². The minimum absolute atomic E-state index is 0.843. The summed E-state index contributed by atoms with van der Waals surface area (Å²) >= 11 is 0. The molecule has 1 fully saturated rings. The fourth-order valence-electron chi connectivity index (χ4n) is 3.34. The lowest BCUT2D eigenvalue weighted by Crippen LogP contribution is -2.34. The van der Waals surface area contributed by atoms with Crippen LogP contribution < -0.4 is 5.32 Å². The first kappa shape index (κ1) is 12.2. The van der Waals surface area contributed by atoms with Gasteiger partial charge in [0.2, 0.25) is 0 Å². The average molecular weight is 244 g/mol. The molecule has 18 heavy (non-hydrogen) atoms. The van der Waals surface area contributed by atoms with Gasteiger partial charge in [-0.05, 0) is 48.9 Å². The van der Waals surface area contributed by atoms with E-state index in [1.54, 1.807) is 11.1 Å². The number of hydrogen-bond acceptors (Lipinski definition) is 2. The van der Waals surface area contributed by atoms with Crippen LogP contribution in [0.25, 0.3) is 0 Å². The molecular formula is C16H24N2. The van der Waals surface area contributed by atoms with E-state index in [1.165, 1.54) is 45.6 Å². The molecule has 2 heterocycles. The highest BCUT2D eigenvalue weighted by atomic mass is 15.1.